The summed E-state index contributed by atoms with van der Waals surface area (Å²) in [6, 6.07) is 14.5. The number of benzene rings is 2. The van der Waals surface area contributed by atoms with Crippen molar-refractivity contribution in [3.63, 3.8) is 0 Å². The van der Waals surface area contributed by atoms with Gasteiger partial charge in [0.25, 0.3) is 0 Å². The van der Waals surface area contributed by atoms with Crippen LogP contribution in [0.5, 0.6) is 0 Å². The summed E-state index contributed by atoms with van der Waals surface area (Å²) in [5, 5.41) is 3.02. The molecule has 0 bridgehead atoms. The Morgan fingerprint density at radius 3 is 2.48 bits per heavy atom. The minimum absolute atomic E-state index is 0.0786. The normalized spacial score (nSPS) is 16.5. The molecule has 0 aromatic heterocycles. The topological polar surface area (TPSA) is 32.3 Å². The van der Waals surface area contributed by atoms with Gasteiger partial charge in [0, 0.05) is 25.5 Å². The predicted octanol–water partition coefficient (Wildman–Crippen LogP) is 3.34. The maximum Gasteiger partial charge on any atom is 0.232 e. The third-order valence-electron chi connectivity index (χ3n) is 4.14. The first-order valence-corrected chi connectivity index (χ1v) is 7.23. The molecule has 0 saturated heterocycles. The average molecular weight is 280 g/mol. The molecular weight excluding hydrogens is 260 g/mol. The molecule has 2 aromatic rings. The van der Waals surface area contributed by atoms with Crippen molar-refractivity contribution in [1.29, 1.82) is 0 Å². The number of nitrogens with zero attached hydrogens (tertiary/aromatic N) is 1. The van der Waals surface area contributed by atoms with Gasteiger partial charge in [0.2, 0.25) is 5.91 Å². The summed E-state index contributed by atoms with van der Waals surface area (Å²) in [5.74, 6) is 0.0288. The van der Waals surface area contributed by atoms with E-state index in [9.17, 15) is 4.79 Å². The number of rotatable bonds is 3. The van der Waals surface area contributed by atoms with Gasteiger partial charge in [0.05, 0.1) is 5.92 Å². The van der Waals surface area contributed by atoms with E-state index in [1.807, 2.05) is 33.2 Å². The van der Waals surface area contributed by atoms with Crippen LogP contribution in [0.15, 0.2) is 42.5 Å². The molecule has 3 heteroatoms. The Hall–Kier alpha value is -2.29. The summed E-state index contributed by atoms with van der Waals surface area (Å²) in [4.78, 5) is 14.3. The Morgan fingerprint density at radius 1 is 1.10 bits per heavy atom. The molecule has 0 spiro atoms. The zero-order chi connectivity index (χ0) is 15.0. The molecule has 3 nitrogen and oxygen atoms in total. The van der Waals surface area contributed by atoms with E-state index >= 15 is 0 Å². The first kappa shape index (κ1) is 13.7. The second-order valence-corrected chi connectivity index (χ2v) is 5.85. The Bertz CT molecular complexity index is 674. The fourth-order valence-electron chi connectivity index (χ4n) is 2.87. The lowest BCUT2D eigenvalue weighted by molar-refractivity contribution is -0.117. The molecule has 1 unspecified atom stereocenters. The van der Waals surface area contributed by atoms with Gasteiger partial charge in [0.15, 0.2) is 0 Å². The molecule has 21 heavy (non-hydrogen) atoms. The van der Waals surface area contributed by atoms with E-state index < -0.39 is 0 Å². The van der Waals surface area contributed by atoms with Crippen LogP contribution in [0.4, 0.5) is 11.4 Å². The Kier molecular flexibility index (Phi) is 3.42. The molecule has 1 atom stereocenters. The minimum Gasteiger partial charge on any atom is -0.378 e. The maximum atomic E-state index is 12.2. The van der Waals surface area contributed by atoms with Crippen LogP contribution in [0.1, 0.15) is 22.6 Å². The lowest BCUT2D eigenvalue weighted by atomic mass is 9.92. The maximum absolute atomic E-state index is 12.2. The number of nitrogens with one attached hydrogen (secondary N) is 1. The predicted molar refractivity (Wildman–Crippen MR) is 87.0 cm³/mol. The van der Waals surface area contributed by atoms with Crippen molar-refractivity contribution >= 4 is 17.3 Å². The number of aryl methyl sites for hydroxylation is 1. The monoisotopic (exact) mass is 280 g/mol. The highest BCUT2D eigenvalue weighted by Crippen LogP contribution is 2.36. The number of hydrogen-bond donors (Lipinski definition) is 1. The van der Waals surface area contributed by atoms with Gasteiger partial charge in [-0.3, -0.25) is 4.79 Å². The first-order valence-electron chi connectivity index (χ1n) is 7.23. The quantitative estimate of drug-likeness (QED) is 0.935. The van der Waals surface area contributed by atoms with Crippen LogP contribution in [0.3, 0.4) is 0 Å². The summed E-state index contributed by atoms with van der Waals surface area (Å²) < 4.78 is 0. The lowest BCUT2D eigenvalue weighted by Gasteiger charge is -2.14. The van der Waals surface area contributed by atoms with Gasteiger partial charge in [0.1, 0.15) is 0 Å². The third-order valence-corrected chi connectivity index (χ3v) is 4.14. The van der Waals surface area contributed by atoms with Gasteiger partial charge in [-0.2, -0.15) is 0 Å². The summed E-state index contributed by atoms with van der Waals surface area (Å²) in [6.45, 7) is 2.04. The molecule has 1 heterocycles. The highest BCUT2D eigenvalue weighted by molar-refractivity contribution is 6.03. The molecular formula is C18H20N2O. The standard InChI is InChI=1S/C18H20N2O/c1-12-5-4-6-15-16(18(21)19-17(12)15)11-13-7-9-14(10-8-13)20(2)3/h4-10,16H,11H2,1-3H3,(H,19,21). The van der Waals surface area contributed by atoms with E-state index in [2.05, 4.69) is 40.5 Å². The van der Waals surface area contributed by atoms with Crippen molar-refractivity contribution in [2.24, 2.45) is 0 Å². The van der Waals surface area contributed by atoms with Crippen LogP contribution >= 0.6 is 0 Å². The minimum atomic E-state index is -0.0786. The van der Waals surface area contributed by atoms with Gasteiger partial charge in [-0.1, -0.05) is 30.3 Å². The van der Waals surface area contributed by atoms with E-state index in [1.165, 1.54) is 11.3 Å². The van der Waals surface area contributed by atoms with Crippen molar-refractivity contribution in [1.82, 2.24) is 0 Å². The summed E-state index contributed by atoms with van der Waals surface area (Å²) in [6.07, 6.45) is 0.746. The van der Waals surface area contributed by atoms with Crippen molar-refractivity contribution in [3.8, 4) is 0 Å². The van der Waals surface area contributed by atoms with Crippen molar-refractivity contribution in [2.45, 2.75) is 19.3 Å². The van der Waals surface area contributed by atoms with E-state index in [0.717, 1.165) is 23.2 Å². The van der Waals surface area contributed by atoms with Gasteiger partial charge < -0.3 is 10.2 Å². The first-order chi connectivity index (χ1) is 10.1. The van der Waals surface area contributed by atoms with Crippen LogP contribution in [0.25, 0.3) is 0 Å². The molecule has 0 saturated carbocycles. The SMILES string of the molecule is Cc1cccc2c1NC(=O)C2Cc1ccc(N(C)C)cc1. The number of carbonyl (C=O) groups excluding carboxylic acids is 1. The molecule has 0 aliphatic carbocycles. The van der Waals surface area contributed by atoms with Gasteiger partial charge in [-0.05, 0) is 42.2 Å². The third kappa shape index (κ3) is 2.51. The number of amides is 1. The van der Waals surface area contributed by atoms with Crippen LogP contribution in [-0.4, -0.2) is 20.0 Å². The smallest absolute Gasteiger partial charge is 0.232 e. The molecule has 1 aliphatic heterocycles. The summed E-state index contributed by atoms with van der Waals surface area (Å²) in [5.41, 5.74) is 5.61. The molecule has 2 aromatic carbocycles. The van der Waals surface area contributed by atoms with Gasteiger partial charge >= 0.3 is 0 Å². The van der Waals surface area contributed by atoms with Crippen LogP contribution < -0.4 is 10.2 Å². The second kappa shape index (κ2) is 5.24. The number of para-hydroxylation sites is 1. The van der Waals surface area contributed by atoms with E-state index in [-0.39, 0.29) is 11.8 Å². The average Bonchev–Trinajstić information content (AvgIpc) is 2.78. The van der Waals surface area contributed by atoms with Crippen LogP contribution in [-0.2, 0) is 11.2 Å². The number of anilines is 2. The molecule has 1 aliphatic rings. The summed E-state index contributed by atoms with van der Waals surface area (Å²) in [7, 11) is 4.05. The van der Waals surface area contributed by atoms with E-state index in [0.29, 0.717) is 0 Å². The van der Waals surface area contributed by atoms with Crippen LogP contribution in [0.2, 0.25) is 0 Å². The van der Waals surface area contributed by atoms with E-state index in [1.54, 1.807) is 0 Å². The molecule has 0 radical (unpaired) electrons. The second-order valence-electron chi connectivity index (χ2n) is 5.85. The van der Waals surface area contributed by atoms with Crippen molar-refractivity contribution in [2.75, 3.05) is 24.3 Å². The Balaban J connectivity index is 1.86. The number of hydrogen-bond acceptors (Lipinski definition) is 2. The fourth-order valence-corrected chi connectivity index (χ4v) is 2.87. The Labute approximate surface area is 125 Å². The molecule has 0 fully saturated rings. The zero-order valence-corrected chi connectivity index (χ0v) is 12.7. The molecule has 1 N–H and O–H groups in total. The van der Waals surface area contributed by atoms with E-state index in [4.69, 9.17) is 0 Å². The molecule has 3 rings (SSSR count). The number of fused-ring (bicyclic) bond motifs is 1. The lowest BCUT2D eigenvalue weighted by Crippen LogP contribution is -2.14. The summed E-state index contributed by atoms with van der Waals surface area (Å²) >= 11 is 0. The van der Waals surface area contributed by atoms with Crippen molar-refractivity contribution < 1.29 is 4.79 Å². The fraction of sp³-hybridized carbons (Fsp3) is 0.278. The zero-order valence-electron chi connectivity index (χ0n) is 12.7. The van der Waals surface area contributed by atoms with Crippen molar-refractivity contribution in [3.05, 3.63) is 59.2 Å². The Morgan fingerprint density at radius 2 is 1.81 bits per heavy atom. The molecule has 108 valence electrons. The highest BCUT2D eigenvalue weighted by atomic mass is 16.2. The van der Waals surface area contributed by atoms with Gasteiger partial charge in [-0.15, -0.1) is 0 Å². The highest BCUT2D eigenvalue weighted by Gasteiger charge is 2.31. The number of carbonyl (C=O) groups is 1. The van der Waals surface area contributed by atoms with Gasteiger partial charge in [-0.25, -0.2) is 0 Å². The molecule has 1 amide bonds. The largest absolute Gasteiger partial charge is 0.378 e. The van der Waals surface area contributed by atoms with Crippen LogP contribution in [0, 0.1) is 6.92 Å².